The van der Waals surface area contributed by atoms with Crippen LogP contribution in [0.5, 0.6) is 11.5 Å². The number of benzene rings is 2. The fourth-order valence-electron chi connectivity index (χ4n) is 2.99. The third-order valence-electron chi connectivity index (χ3n) is 4.38. The van der Waals surface area contributed by atoms with E-state index in [1.807, 2.05) is 40.2 Å². The molecule has 0 aliphatic rings. The van der Waals surface area contributed by atoms with Crippen molar-refractivity contribution in [2.75, 3.05) is 19.5 Å². The van der Waals surface area contributed by atoms with E-state index in [2.05, 4.69) is 10.3 Å². The summed E-state index contributed by atoms with van der Waals surface area (Å²) in [6.45, 7) is 0. The molecular weight excluding hydrogens is 410 g/mol. The Bertz CT molecular complexity index is 1160. The molecule has 4 aromatic rings. The minimum atomic E-state index is -0.141. The number of rotatable bonds is 6. The lowest BCUT2D eigenvalue weighted by molar-refractivity contribution is -0.115. The number of aromatic nitrogens is 2. The number of nitrogens with zero attached hydrogens (tertiary/aromatic N) is 2. The molecule has 1 amide bonds. The molecule has 0 spiro atoms. The van der Waals surface area contributed by atoms with Gasteiger partial charge < -0.3 is 14.8 Å². The molecule has 8 heteroatoms. The molecule has 4 rings (SSSR count). The van der Waals surface area contributed by atoms with Gasteiger partial charge in [-0.2, -0.15) is 0 Å². The van der Waals surface area contributed by atoms with Crippen LogP contribution < -0.4 is 14.8 Å². The van der Waals surface area contributed by atoms with Crippen molar-refractivity contribution in [1.29, 1.82) is 0 Å². The second-order valence-electron chi connectivity index (χ2n) is 6.34. The van der Waals surface area contributed by atoms with Gasteiger partial charge in [0, 0.05) is 51.7 Å². The van der Waals surface area contributed by atoms with E-state index in [9.17, 15) is 4.79 Å². The second-order valence-corrected chi connectivity index (χ2v) is 7.62. The van der Waals surface area contributed by atoms with Crippen LogP contribution in [0.4, 0.5) is 5.69 Å². The lowest BCUT2D eigenvalue weighted by atomic mass is 10.2. The Morgan fingerprint density at radius 1 is 1.17 bits per heavy atom. The predicted molar refractivity (Wildman–Crippen MR) is 115 cm³/mol. The Balaban J connectivity index is 1.54. The zero-order chi connectivity index (χ0) is 20.4. The average Bonchev–Trinajstić information content (AvgIpc) is 3.29. The van der Waals surface area contributed by atoms with Crippen LogP contribution in [-0.2, 0) is 11.2 Å². The van der Waals surface area contributed by atoms with Crippen LogP contribution >= 0.6 is 22.9 Å². The molecule has 0 fully saturated rings. The molecule has 0 bridgehead atoms. The Morgan fingerprint density at radius 2 is 1.93 bits per heavy atom. The van der Waals surface area contributed by atoms with Crippen LogP contribution in [0.15, 0.2) is 54.0 Å². The van der Waals surface area contributed by atoms with Gasteiger partial charge in [-0.25, -0.2) is 4.98 Å². The van der Waals surface area contributed by atoms with Crippen LogP contribution in [0.2, 0.25) is 5.02 Å². The van der Waals surface area contributed by atoms with Gasteiger partial charge in [0.15, 0.2) is 4.96 Å². The molecule has 0 aliphatic carbocycles. The van der Waals surface area contributed by atoms with Crippen molar-refractivity contribution in [3.8, 4) is 22.8 Å². The van der Waals surface area contributed by atoms with E-state index < -0.39 is 0 Å². The Labute approximate surface area is 176 Å². The van der Waals surface area contributed by atoms with E-state index in [-0.39, 0.29) is 12.3 Å². The molecule has 0 atom stereocenters. The van der Waals surface area contributed by atoms with Crippen molar-refractivity contribution in [3.05, 3.63) is 64.8 Å². The number of carbonyl (C=O) groups is 1. The number of ether oxygens (including phenoxy) is 2. The van der Waals surface area contributed by atoms with Gasteiger partial charge >= 0.3 is 0 Å². The molecule has 29 heavy (non-hydrogen) atoms. The maximum Gasteiger partial charge on any atom is 0.230 e. The third kappa shape index (κ3) is 4.21. The topological polar surface area (TPSA) is 64.9 Å². The summed E-state index contributed by atoms with van der Waals surface area (Å²) in [5.74, 6) is 1.08. The third-order valence-corrected chi connectivity index (χ3v) is 5.50. The summed E-state index contributed by atoms with van der Waals surface area (Å²) in [7, 11) is 3.14. The molecule has 6 nitrogen and oxygen atoms in total. The average molecular weight is 428 g/mol. The van der Waals surface area contributed by atoms with Gasteiger partial charge in [0.25, 0.3) is 0 Å². The molecule has 2 aromatic carbocycles. The highest BCUT2D eigenvalue weighted by molar-refractivity contribution is 7.15. The molecule has 0 saturated carbocycles. The van der Waals surface area contributed by atoms with Gasteiger partial charge in [-0.1, -0.05) is 23.7 Å². The first-order valence-corrected chi connectivity index (χ1v) is 10.1. The van der Waals surface area contributed by atoms with Crippen molar-refractivity contribution in [2.45, 2.75) is 6.42 Å². The number of halogens is 1. The smallest absolute Gasteiger partial charge is 0.230 e. The molecule has 0 saturated heterocycles. The molecule has 0 radical (unpaired) electrons. The molecule has 1 N–H and O–H groups in total. The van der Waals surface area contributed by atoms with Crippen LogP contribution in [-0.4, -0.2) is 29.5 Å². The number of carbonyl (C=O) groups excluding carboxylic acids is 1. The van der Waals surface area contributed by atoms with Gasteiger partial charge in [-0.15, -0.1) is 11.3 Å². The van der Waals surface area contributed by atoms with Crippen LogP contribution in [0.1, 0.15) is 5.69 Å². The number of methoxy groups -OCH3 is 2. The van der Waals surface area contributed by atoms with E-state index in [4.69, 9.17) is 21.1 Å². The van der Waals surface area contributed by atoms with Crippen LogP contribution in [0.3, 0.4) is 0 Å². The molecular formula is C21H18ClN3O3S. The number of imidazole rings is 1. The van der Waals surface area contributed by atoms with Crippen molar-refractivity contribution in [1.82, 2.24) is 9.38 Å². The first-order valence-electron chi connectivity index (χ1n) is 8.80. The quantitative estimate of drug-likeness (QED) is 0.474. The summed E-state index contributed by atoms with van der Waals surface area (Å²) in [5, 5.41) is 5.49. The first-order chi connectivity index (χ1) is 14.1. The van der Waals surface area contributed by atoms with Crippen molar-refractivity contribution < 1.29 is 14.3 Å². The largest absolute Gasteiger partial charge is 0.497 e. The fraction of sp³-hybridized carbons (Fsp3) is 0.143. The van der Waals surface area contributed by atoms with E-state index >= 15 is 0 Å². The predicted octanol–water partition coefficient (Wildman–Crippen LogP) is 4.91. The summed E-state index contributed by atoms with van der Waals surface area (Å²) < 4.78 is 12.4. The highest BCUT2D eigenvalue weighted by Crippen LogP contribution is 2.27. The number of fused-ring (bicyclic) bond motifs is 1. The first kappa shape index (κ1) is 19.3. The molecule has 0 unspecified atom stereocenters. The molecule has 2 heterocycles. The number of hydrogen-bond acceptors (Lipinski definition) is 5. The SMILES string of the molecule is COc1cc(NC(=O)Cc2csc3nc(-c4cccc(Cl)c4)cn23)cc(OC)c1. The zero-order valence-electron chi connectivity index (χ0n) is 15.8. The second kappa shape index (κ2) is 8.14. The number of hydrogen-bond donors (Lipinski definition) is 1. The number of amides is 1. The standard InChI is InChI=1S/C21H18ClN3O3S/c1-27-17-7-15(8-18(10-17)28-2)23-20(26)9-16-12-29-21-24-19(11-25(16)21)13-4-3-5-14(22)6-13/h3-8,10-12H,9H2,1-2H3,(H,23,26). The lowest BCUT2D eigenvalue weighted by Crippen LogP contribution is -2.15. The number of nitrogens with one attached hydrogen (secondary N) is 1. The van der Waals surface area contributed by atoms with E-state index in [0.717, 1.165) is 21.9 Å². The molecule has 2 aromatic heterocycles. The maximum absolute atomic E-state index is 12.6. The van der Waals surface area contributed by atoms with Crippen molar-refractivity contribution in [2.24, 2.45) is 0 Å². The summed E-state index contributed by atoms with van der Waals surface area (Å²) >= 11 is 7.58. The van der Waals surface area contributed by atoms with Crippen molar-refractivity contribution >= 4 is 39.5 Å². The molecule has 148 valence electrons. The van der Waals surface area contributed by atoms with E-state index in [0.29, 0.717) is 22.2 Å². The Kier molecular flexibility index (Phi) is 5.42. The highest BCUT2D eigenvalue weighted by Gasteiger charge is 2.14. The minimum Gasteiger partial charge on any atom is -0.497 e. The van der Waals surface area contributed by atoms with Gasteiger partial charge in [-0.3, -0.25) is 9.20 Å². The summed E-state index contributed by atoms with van der Waals surface area (Å²) in [6.07, 6.45) is 2.14. The monoisotopic (exact) mass is 427 g/mol. The zero-order valence-corrected chi connectivity index (χ0v) is 17.4. The molecule has 0 aliphatic heterocycles. The summed E-state index contributed by atoms with van der Waals surface area (Å²) in [6, 6.07) is 12.8. The number of thiazole rings is 1. The number of anilines is 1. The van der Waals surface area contributed by atoms with E-state index in [1.165, 1.54) is 11.3 Å². The lowest BCUT2D eigenvalue weighted by Gasteiger charge is -2.09. The van der Waals surface area contributed by atoms with Crippen LogP contribution in [0.25, 0.3) is 16.2 Å². The minimum absolute atomic E-state index is 0.141. The highest BCUT2D eigenvalue weighted by atomic mass is 35.5. The van der Waals surface area contributed by atoms with Crippen molar-refractivity contribution in [3.63, 3.8) is 0 Å². The summed E-state index contributed by atoms with van der Waals surface area (Å²) in [5.41, 5.74) is 3.23. The Morgan fingerprint density at radius 3 is 2.62 bits per heavy atom. The van der Waals surface area contributed by atoms with E-state index in [1.54, 1.807) is 32.4 Å². The Hall–Kier alpha value is -3.03. The van der Waals surface area contributed by atoms with Gasteiger partial charge in [-0.05, 0) is 12.1 Å². The summed E-state index contributed by atoms with van der Waals surface area (Å²) in [4.78, 5) is 18.1. The normalized spacial score (nSPS) is 10.9. The van der Waals surface area contributed by atoms with Gasteiger partial charge in [0.1, 0.15) is 11.5 Å². The maximum atomic E-state index is 12.6. The van der Waals surface area contributed by atoms with Gasteiger partial charge in [0.05, 0.1) is 26.3 Å². The fourth-order valence-corrected chi connectivity index (χ4v) is 4.06. The van der Waals surface area contributed by atoms with Gasteiger partial charge in [0.2, 0.25) is 5.91 Å². The van der Waals surface area contributed by atoms with Crippen LogP contribution in [0, 0.1) is 0 Å².